The van der Waals surface area contributed by atoms with Crippen LogP contribution in [0.15, 0.2) is 63.9 Å². The lowest BCUT2D eigenvalue weighted by Gasteiger charge is -2.26. The van der Waals surface area contributed by atoms with Gasteiger partial charge in [0.05, 0.1) is 4.90 Å². The Morgan fingerprint density at radius 2 is 1.78 bits per heavy atom. The summed E-state index contributed by atoms with van der Waals surface area (Å²) in [5.41, 5.74) is 1.71. The van der Waals surface area contributed by atoms with Crippen LogP contribution in [0.4, 0.5) is 0 Å². The number of hydrogen-bond donors (Lipinski definition) is 0. The summed E-state index contributed by atoms with van der Waals surface area (Å²) >= 11 is 0. The highest BCUT2D eigenvalue weighted by molar-refractivity contribution is 7.89. The number of fused-ring (bicyclic) bond motifs is 2. The maximum atomic E-state index is 13.3. The van der Waals surface area contributed by atoms with Gasteiger partial charge in [-0.25, -0.2) is 8.42 Å². The molecule has 0 bridgehead atoms. The predicted molar refractivity (Wildman–Crippen MR) is 105 cm³/mol. The van der Waals surface area contributed by atoms with Gasteiger partial charge in [0.25, 0.3) is 0 Å². The third-order valence-electron chi connectivity index (χ3n) is 6.74. The fourth-order valence-electron chi connectivity index (χ4n) is 5.17. The number of nitrogens with zero attached hydrogens (tertiary/aromatic N) is 1. The molecule has 0 amide bonds. The molecule has 2 aliphatic rings. The summed E-state index contributed by atoms with van der Waals surface area (Å²) in [5, 5.41) is 1.08. The van der Waals surface area contributed by atoms with Crippen LogP contribution >= 0.6 is 0 Å². The first-order chi connectivity index (χ1) is 12.9. The lowest BCUT2D eigenvalue weighted by molar-refractivity contribution is 0.329. The van der Waals surface area contributed by atoms with E-state index in [0.29, 0.717) is 23.3 Å². The van der Waals surface area contributed by atoms with E-state index in [1.165, 1.54) is 0 Å². The normalized spacial score (nSPS) is 30.6. The second-order valence-electron chi connectivity index (χ2n) is 8.11. The van der Waals surface area contributed by atoms with Crippen molar-refractivity contribution >= 4 is 21.0 Å². The highest BCUT2D eigenvalue weighted by atomic mass is 32.2. The smallest absolute Gasteiger partial charge is 0.243 e. The molecule has 2 aromatic carbocycles. The fraction of sp³-hybridized carbons (Fsp3) is 0.364. The van der Waals surface area contributed by atoms with Gasteiger partial charge in [-0.2, -0.15) is 4.31 Å². The van der Waals surface area contributed by atoms with Gasteiger partial charge >= 0.3 is 0 Å². The molecule has 2 fully saturated rings. The van der Waals surface area contributed by atoms with Crippen LogP contribution in [0.25, 0.3) is 11.0 Å². The van der Waals surface area contributed by atoms with Gasteiger partial charge in [0.1, 0.15) is 11.3 Å². The molecule has 2 heterocycles. The van der Waals surface area contributed by atoms with Gasteiger partial charge in [-0.15, -0.1) is 0 Å². The molecule has 1 aliphatic carbocycles. The molecule has 1 saturated carbocycles. The Balaban J connectivity index is 1.54. The summed E-state index contributed by atoms with van der Waals surface area (Å²) in [6.07, 6.45) is 0. The molecule has 140 valence electrons. The van der Waals surface area contributed by atoms with Gasteiger partial charge in [0.2, 0.25) is 10.0 Å². The van der Waals surface area contributed by atoms with Crippen molar-refractivity contribution in [1.29, 1.82) is 0 Å². The van der Waals surface area contributed by atoms with E-state index in [9.17, 15) is 8.42 Å². The fourth-order valence-corrected chi connectivity index (χ4v) is 6.88. The average molecular weight is 381 g/mol. The predicted octanol–water partition coefficient (Wildman–Crippen LogP) is 4.34. The van der Waals surface area contributed by atoms with E-state index < -0.39 is 10.0 Å². The standard InChI is InChI=1S/C22H23NO3S/c1-14-8-10-18(11-9-14)27(24,25)23-13-22(15(2)21(22)16(23)3)20-12-17-6-4-5-7-19(17)26-20/h4-12,15-16,21H,13H2,1-3H3/t15-,16-,21+,22+/m0/s1. The van der Waals surface area contributed by atoms with Gasteiger partial charge < -0.3 is 4.42 Å². The summed E-state index contributed by atoms with van der Waals surface area (Å²) < 4.78 is 34.4. The van der Waals surface area contributed by atoms with E-state index in [1.807, 2.05) is 50.2 Å². The number of benzene rings is 2. The Kier molecular flexibility index (Phi) is 3.44. The SMILES string of the molecule is Cc1ccc(S(=O)(=O)N2C[C@@]3(c4cc5ccccc5o4)[C@@H]([C@@H]2C)[C@@H]3C)cc1. The summed E-state index contributed by atoms with van der Waals surface area (Å²) in [7, 11) is -3.52. The molecule has 1 aliphatic heterocycles. The second kappa shape index (κ2) is 5.46. The molecule has 4 nitrogen and oxygen atoms in total. The number of furan rings is 1. The minimum Gasteiger partial charge on any atom is -0.460 e. The molecule has 5 rings (SSSR count). The van der Waals surface area contributed by atoms with Crippen LogP contribution in [0.5, 0.6) is 0 Å². The van der Waals surface area contributed by atoms with Crippen LogP contribution in [0.2, 0.25) is 0 Å². The molecule has 1 aromatic heterocycles. The summed E-state index contributed by atoms with van der Waals surface area (Å²) in [6.45, 7) is 6.69. The molecule has 27 heavy (non-hydrogen) atoms. The summed E-state index contributed by atoms with van der Waals surface area (Å²) in [6, 6.07) is 17.2. The quantitative estimate of drug-likeness (QED) is 0.678. The van der Waals surface area contributed by atoms with Crippen LogP contribution in [0, 0.1) is 18.8 Å². The Morgan fingerprint density at radius 3 is 2.48 bits per heavy atom. The molecule has 1 saturated heterocycles. The number of para-hydroxylation sites is 1. The van der Waals surface area contributed by atoms with E-state index in [2.05, 4.69) is 13.0 Å². The van der Waals surface area contributed by atoms with Crippen LogP contribution in [0.1, 0.15) is 25.2 Å². The Bertz CT molecular complexity index is 1100. The first-order valence-corrected chi connectivity index (χ1v) is 10.9. The zero-order valence-electron chi connectivity index (χ0n) is 15.7. The van der Waals surface area contributed by atoms with E-state index in [0.717, 1.165) is 22.3 Å². The molecule has 0 N–H and O–H groups in total. The minimum absolute atomic E-state index is 0.0421. The maximum absolute atomic E-state index is 13.3. The Hall–Kier alpha value is -2.11. The zero-order chi connectivity index (χ0) is 19.0. The highest BCUT2D eigenvalue weighted by Crippen LogP contribution is 2.67. The van der Waals surface area contributed by atoms with E-state index in [4.69, 9.17) is 4.42 Å². The first kappa shape index (κ1) is 17.0. The van der Waals surface area contributed by atoms with Crippen LogP contribution in [0.3, 0.4) is 0 Å². The van der Waals surface area contributed by atoms with Crippen molar-refractivity contribution in [3.63, 3.8) is 0 Å². The molecular weight excluding hydrogens is 358 g/mol. The Morgan fingerprint density at radius 1 is 1.07 bits per heavy atom. The first-order valence-electron chi connectivity index (χ1n) is 9.43. The monoisotopic (exact) mass is 381 g/mol. The number of rotatable bonds is 3. The third-order valence-corrected chi connectivity index (χ3v) is 8.69. The van der Waals surface area contributed by atoms with Gasteiger partial charge in [0.15, 0.2) is 0 Å². The molecule has 0 radical (unpaired) electrons. The molecule has 0 unspecified atom stereocenters. The van der Waals surface area contributed by atoms with Crippen molar-refractivity contribution < 1.29 is 12.8 Å². The third kappa shape index (κ3) is 2.21. The number of aryl methyl sites for hydroxylation is 1. The van der Waals surface area contributed by atoms with Gasteiger partial charge in [0, 0.05) is 23.4 Å². The van der Waals surface area contributed by atoms with E-state index >= 15 is 0 Å². The van der Waals surface area contributed by atoms with Gasteiger partial charge in [-0.1, -0.05) is 42.8 Å². The van der Waals surface area contributed by atoms with Gasteiger partial charge in [-0.3, -0.25) is 0 Å². The largest absolute Gasteiger partial charge is 0.460 e. The van der Waals surface area contributed by atoms with E-state index in [-0.39, 0.29) is 11.5 Å². The number of piperidine rings is 1. The number of hydrogen-bond acceptors (Lipinski definition) is 3. The summed E-state index contributed by atoms with van der Waals surface area (Å²) in [4.78, 5) is 0.369. The molecular formula is C22H23NO3S. The lowest BCUT2D eigenvalue weighted by atomic mass is 10.00. The van der Waals surface area contributed by atoms with Crippen molar-refractivity contribution in [1.82, 2.24) is 4.31 Å². The van der Waals surface area contributed by atoms with Crippen LogP contribution in [-0.4, -0.2) is 25.3 Å². The zero-order valence-corrected chi connectivity index (χ0v) is 16.5. The topological polar surface area (TPSA) is 50.5 Å². The summed E-state index contributed by atoms with van der Waals surface area (Å²) in [5.74, 6) is 1.63. The van der Waals surface area contributed by atoms with Crippen molar-refractivity contribution in [2.24, 2.45) is 11.8 Å². The minimum atomic E-state index is -3.52. The van der Waals surface area contributed by atoms with Gasteiger partial charge in [-0.05, 0) is 49.9 Å². The van der Waals surface area contributed by atoms with Crippen LogP contribution < -0.4 is 0 Å². The van der Waals surface area contributed by atoms with Crippen molar-refractivity contribution in [2.75, 3.05) is 6.54 Å². The van der Waals surface area contributed by atoms with Crippen molar-refractivity contribution in [3.8, 4) is 0 Å². The lowest BCUT2D eigenvalue weighted by Crippen LogP contribution is -2.39. The van der Waals surface area contributed by atoms with Crippen molar-refractivity contribution in [2.45, 2.75) is 37.1 Å². The molecule has 4 atom stereocenters. The number of sulfonamides is 1. The van der Waals surface area contributed by atoms with Crippen molar-refractivity contribution in [3.05, 3.63) is 65.9 Å². The molecule has 0 spiro atoms. The second-order valence-corrected chi connectivity index (χ2v) is 10.00. The van der Waals surface area contributed by atoms with E-state index in [1.54, 1.807) is 16.4 Å². The highest BCUT2D eigenvalue weighted by Gasteiger charge is 2.73. The van der Waals surface area contributed by atoms with Crippen LogP contribution in [-0.2, 0) is 15.4 Å². The maximum Gasteiger partial charge on any atom is 0.243 e. The average Bonchev–Trinajstić information content (AvgIpc) is 2.97. The molecule has 3 aromatic rings. The Labute approximate surface area is 159 Å². The molecule has 5 heteroatoms.